The monoisotopic (exact) mass is 209 g/mol. The van der Waals surface area contributed by atoms with E-state index in [-0.39, 0.29) is 0 Å². The van der Waals surface area contributed by atoms with Crippen LogP contribution in [-0.2, 0) is 0 Å². The fraction of sp³-hybridized carbons (Fsp3) is 1.00. The van der Waals surface area contributed by atoms with Crippen LogP contribution in [0.1, 0.15) is 59.8 Å². The van der Waals surface area contributed by atoms with Crippen molar-refractivity contribution in [2.45, 2.75) is 71.9 Å². The third kappa shape index (κ3) is 2.38. The highest BCUT2D eigenvalue weighted by Gasteiger charge is 2.41. The zero-order valence-corrected chi connectivity index (χ0v) is 10.8. The van der Waals surface area contributed by atoms with Gasteiger partial charge in [0.25, 0.3) is 0 Å². The molecule has 1 nitrogen and oxygen atoms in total. The maximum absolute atomic E-state index is 3.87. The van der Waals surface area contributed by atoms with Crippen molar-refractivity contribution < 1.29 is 0 Å². The first-order valence-electron chi connectivity index (χ1n) is 6.74. The molecule has 2 rings (SSSR count). The molecule has 0 spiro atoms. The van der Waals surface area contributed by atoms with Crippen LogP contribution in [0.25, 0.3) is 0 Å². The predicted molar refractivity (Wildman–Crippen MR) is 65.9 cm³/mol. The molecule has 4 atom stereocenters. The van der Waals surface area contributed by atoms with Gasteiger partial charge in [0.15, 0.2) is 0 Å². The van der Waals surface area contributed by atoms with Crippen molar-refractivity contribution in [3.63, 3.8) is 0 Å². The molecule has 2 fully saturated rings. The molecule has 1 aliphatic heterocycles. The largest absolute Gasteiger partial charge is 0.311 e. The summed E-state index contributed by atoms with van der Waals surface area (Å²) in [5.41, 5.74) is 0.480. The summed E-state index contributed by atoms with van der Waals surface area (Å²) in [7, 11) is 0. The predicted octanol–water partition coefficient (Wildman–Crippen LogP) is 3.59. The molecule has 1 heteroatoms. The fourth-order valence-corrected chi connectivity index (χ4v) is 3.71. The van der Waals surface area contributed by atoms with E-state index < -0.39 is 0 Å². The Morgan fingerprint density at radius 1 is 1.00 bits per heavy atom. The highest BCUT2D eigenvalue weighted by atomic mass is 15.0. The van der Waals surface area contributed by atoms with Gasteiger partial charge in [-0.1, -0.05) is 27.2 Å². The Labute approximate surface area is 95.0 Å². The van der Waals surface area contributed by atoms with Gasteiger partial charge in [-0.15, -0.1) is 0 Å². The molecule has 1 heterocycles. The minimum Gasteiger partial charge on any atom is -0.311 e. The Balaban J connectivity index is 2.11. The topological polar surface area (TPSA) is 12.0 Å². The molecule has 1 saturated carbocycles. The first kappa shape index (κ1) is 11.4. The number of rotatable bonds is 0. The second-order valence-electron chi connectivity index (χ2n) is 6.83. The van der Waals surface area contributed by atoms with Crippen LogP contribution in [0.5, 0.6) is 0 Å². The second-order valence-corrected chi connectivity index (χ2v) is 6.83. The zero-order chi connectivity index (χ0) is 11.1. The van der Waals surface area contributed by atoms with Crippen LogP contribution in [0.2, 0.25) is 0 Å². The summed E-state index contributed by atoms with van der Waals surface area (Å²) in [5.74, 6) is 1.86. The van der Waals surface area contributed by atoms with Gasteiger partial charge < -0.3 is 5.32 Å². The summed E-state index contributed by atoms with van der Waals surface area (Å²) < 4.78 is 0. The van der Waals surface area contributed by atoms with E-state index in [1.807, 2.05) is 0 Å². The molecule has 1 saturated heterocycles. The molecular formula is C14H27N. The lowest BCUT2D eigenvalue weighted by molar-refractivity contribution is 0.0564. The standard InChI is InChI=1S/C14H27N/c1-10-8-9-11-6-5-7-12(13(11)15-10)14(2,3)4/h10-13,15H,5-9H2,1-4H3/t10-,11-,12+,13-/m1/s1. The van der Waals surface area contributed by atoms with Crippen LogP contribution in [0.3, 0.4) is 0 Å². The Morgan fingerprint density at radius 3 is 2.40 bits per heavy atom. The highest BCUT2D eigenvalue weighted by Crippen LogP contribution is 2.43. The Hall–Kier alpha value is -0.0400. The fourth-order valence-electron chi connectivity index (χ4n) is 3.71. The van der Waals surface area contributed by atoms with Crippen LogP contribution < -0.4 is 5.32 Å². The van der Waals surface area contributed by atoms with Crippen molar-refractivity contribution in [3.05, 3.63) is 0 Å². The summed E-state index contributed by atoms with van der Waals surface area (Å²) >= 11 is 0. The van der Waals surface area contributed by atoms with E-state index in [0.717, 1.165) is 23.9 Å². The van der Waals surface area contributed by atoms with Gasteiger partial charge in [0, 0.05) is 12.1 Å². The number of hydrogen-bond donors (Lipinski definition) is 1. The van der Waals surface area contributed by atoms with Gasteiger partial charge in [0.05, 0.1) is 0 Å². The lowest BCUT2D eigenvalue weighted by atomic mass is 9.63. The van der Waals surface area contributed by atoms with Crippen molar-refractivity contribution >= 4 is 0 Å². The minimum absolute atomic E-state index is 0.480. The van der Waals surface area contributed by atoms with Crippen LogP contribution in [0, 0.1) is 17.3 Å². The molecule has 1 aliphatic carbocycles. The van der Waals surface area contributed by atoms with Crippen LogP contribution in [0.4, 0.5) is 0 Å². The van der Waals surface area contributed by atoms with Crippen molar-refractivity contribution in [2.75, 3.05) is 0 Å². The third-order valence-electron chi connectivity index (χ3n) is 4.59. The SMILES string of the molecule is C[C@@H]1CC[C@H]2CCC[C@H](C(C)(C)C)[C@@H]2N1. The number of hydrogen-bond acceptors (Lipinski definition) is 1. The maximum Gasteiger partial charge on any atom is 0.0131 e. The minimum atomic E-state index is 0.480. The van der Waals surface area contributed by atoms with Crippen molar-refractivity contribution in [1.29, 1.82) is 0 Å². The van der Waals surface area contributed by atoms with Crippen LogP contribution in [-0.4, -0.2) is 12.1 Å². The van der Waals surface area contributed by atoms with Gasteiger partial charge >= 0.3 is 0 Å². The Bertz CT molecular complexity index is 216. The van der Waals surface area contributed by atoms with Gasteiger partial charge in [-0.25, -0.2) is 0 Å². The van der Waals surface area contributed by atoms with Crippen molar-refractivity contribution in [1.82, 2.24) is 5.32 Å². The molecule has 0 aromatic rings. The molecule has 0 aromatic carbocycles. The summed E-state index contributed by atoms with van der Waals surface area (Å²) in [6, 6.07) is 1.55. The zero-order valence-electron chi connectivity index (χ0n) is 10.8. The first-order chi connectivity index (χ1) is 6.98. The van der Waals surface area contributed by atoms with Gasteiger partial charge in [-0.05, 0) is 49.9 Å². The molecule has 0 aromatic heterocycles. The summed E-state index contributed by atoms with van der Waals surface area (Å²) in [4.78, 5) is 0. The Kier molecular flexibility index (Phi) is 3.12. The quantitative estimate of drug-likeness (QED) is 0.643. The van der Waals surface area contributed by atoms with Gasteiger partial charge in [0.1, 0.15) is 0 Å². The number of piperidine rings is 1. The molecule has 0 radical (unpaired) electrons. The van der Waals surface area contributed by atoms with Gasteiger partial charge in [0.2, 0.25) is 0 Å². The van der Waals surface area contributed by atoms with E-state index in [1.165, 1.54) is 32.1 Å². The summed E-state index contributed by atoms with van der Waals surface area (Å²) in [5, 5.41) is 3.87. The smallest absolute Gasteiger partial charge is 0.0131 e. The molecule has 0 amide bonds. The third-order valence-corrected chi connectivity index (χ3v) is 4.59. The molecule has 15 heavy (non-hydrogen) atoms. The molecule has 0 unspecified atom stereocenters. The molecule has 2 aliphatic rings. The lowest BCUT2D eigenvalue weighted by Crippen LogP contribution is -2.55. The molecule has 1 N–H and O–H groups in total. The van der Waals surface area contributed by atoms with E-state index in [9.17, 15) is 0 Å². The van der Waals surface area contributed by atoms with E-state index in [0.29, 0.717) is 5.41 Å². The number of fused-ring (bicyclic) bond motifs is 1. The van der Waals surface area contributed by atoms with E-state index in [2.05, 4.69) is 33.0 Å². The Morgan fingerprint density at radius 2 is 1.73 bits per heavy atom. The lowest BCUT2D eigenvalue weighted by Gasteiger charge is -2.49. The van der Waals surface area contributed by atoms with E-state index in [1.54, 1.807) is 0 Å². The average Bonchev–Trinajstić information content (AvgIpc) is 2.15. The van der Waals surface area contributed by atoms with E-state index >= 15 is 0 Å². The average molecular weight is 209 g/mol. The highest BCUT2D eigenvalue weighted by molar-refractivity contribution is 4.96. The summed E-state index contributed by atoms with van der Waals surface area (Å²) in [6.45, 7) is 9.60. The molecule has 88 valence electrons. The van der Waals surface area contributed by atoms with Crippen molar-refractivity contribution in [2.24, 2.45) is 17.3 Å². The van der Waals surface area contributed by atoms with Crippen LogP contribution >= 0.6 is 0 Å². The van der Waals surface area contributed by atoms with E-state index in [4.69, 9.17) is 0 Å². The summed E-state index contributed by atoms with van der Waals surface area (Å²) in [6.07, 6.45) is 7.21. The van der Waals surface area contributed by atoms with Gasteiger partial charge in [-0.3, -0.25) is 0 Å². The number of nitrogens with one attached hydrogen (secondary N) is 1. The van der Waals surface area contributed by atoms with Gasteiger partial charge in [-0.2, -0.15) is 0 Å². The normalized spacial score (nSPS) is 42.4. The molecular weight excluding hydrogens is 182 g/mol. The maximum atomic E-state index is 3.87. The first-order valence-corrected chi connectivity index (χ1v) is 6.74. The van der Waals surface area contributed by atoms with Crippen molar-refractivity contribution in [3.8, 4) is 0 Å². The molecule has 0 bridgehead atoms. The van der Waals surface area contributed by atoms with Crippen LogP contribution in [0.15, 0.2) is 0 Å². The second kappa shape index (κ2) is 4.08.